The number of ether oxygens (including phenoxy) is 2. The number of rotatable bonds is 3. The Hall–Kier alpha value is -1.89. The number of nitrogen functional groups attached to an aromatic ring is 1. The first-order valence-electron chi connectivity index (χ1n) is 7.27. The van der Waals surface area contributed by atoms with Crippen molar-refractivity contribution in [3.05, 3.63) is 12.1 Å². The molecule has 0 unspecified atom stereocenters. The molecule has 1 aromatic heterocycles. The van der Waals surface area contributed by atoms with Gasteiger partial charge < -0.3 is 20.1 Å². The normalized spacial score (nSPS) is 23.3. The van der Waals surface area contributed by atoms with Gasteiger partial charge in [-0.05, 0) is 12.5 Å². The van der Waals surface area contributed by atoms with Gasteiger partial charge in [-0.15, -0.1) is 0 Å². The zero-order valence-corrected chi connectivity index (χ0v) is 13.4. The maximum Gasteiger partial charge on any atom is 0.228 e. The topological polar surface area (TPSA) is 73.5 Å². The van der Waals surface area contributed by atoms with E-state index in [-0.39, 0.29) is 0 Å². The molecule has 7 heteroatoms. The molecule has 0 aliphatic carbocycles. The van der Waals surface area contributed by atoms with E-state index in [1.54, 1.807) is 14.2 Å². The van der Waals surface area contributed by atoms with E-state index in [1.807, 2.05) is 23.9 Å². The number of anilines is 2. The van der Waals surface area contributed by atoms with Crippen molar-refractivity contribution in [2.24, 2.45) is 0 Å². The van der Waals surface area contributed by atoms with Gasteiger partial charge in [0.15, 0.2) is 11.5 Å². The number of fused-ring (bicyclic) bond motifs is 3. The Kier molecular flexibility index (Phi) is 3.18. The number of nitrogens with two attached hydrogens (primary N) is 1. The average Bonchev–Trinajstić information content (AvgIpc) is 3.16. The molecule has 2 atom stereocenters. The Bertz CT molecular complexity index is 739. The van der Waals surface area contributed by atoms with Gasteiger partial charge in [-0.3, -0.25) is 0 Å². The van der Waals surface area contributed by atoms with Gasteiger partial charge in [0.25, 0.3) is 0 Å². The lowest BCUT2D eigenvalue weighted by Crippen LogP contribution is -2.35. The molecule has 4 rings (SSSR count). The molecule has 116 valence electrons. The molecule has 0 radical (unpaired) electrons. The highest BCUT2D eigenvalue weighted by molar-refractivity contribution is 8.00. The van der Waals surface area contributed by atoms with Gasteiger partial charge in [0.05, 0.1) is 19.7 Å². The molecule has 2 N–H and O–H groups in total. The van der Waals surface area contributed by atoms with Gasteiger partial charge in [-0.25, -0.2) is 4.98 Å². The Labute approximate surface area is 133 Å². The fourth-order valence-corrected chi connectivity index (χ4v) is 4.67. The maximum atomic E-state index is 6.16. The summed E-state index contributed by atoms with van der Waals surface area (Å²) in [5, 5.41) is 1.50. The summed E-state index contributed by atoms with van der Waals surface area (Å²) in [5.41, 5.74) is 6.95. The number of hydrogen-bond acceptors (Lipinski definition) is 7. The van der Waals surface area contributed by atoms with Gasteiger partial charge in [-0.2, -0.15) is 16.7 Å². The predicted molar refractivity (Wildman–Crippen MR) is 89.1 cm³/mol. The molecule has 2 aliphatic rings. The smallest absolute Gasteiger partial charge is 0.228 e. The van der Waals surface area contributed by atoms with E-state index in [2.05, 4.69) is 9.88 Å². The number of aromatic nitrogens is 2. The van der Waals surface area contributed by atoms with E-state index < -0.39 is 0 Å². The Morgan fingerprint density at radius 1 is 1.23 bits per heavy atom. The van der Waals surface area contributed by atoms with E-state index in [9.17, 15) is 0 Å². The molecular weight excluding hydrogens is 300 g/mol. The fraction of sp³-hybridized carbons (Fsp3) is 0.467. The number of thioether (sulfide) groups is 1. The average molecular weight is 318 g/mol. The minimum absolute atomic E-state index is 0.483. The van der Waals surface area contributed by atoms with Crippen LogP contribution in [-0.4, -0.2) is 47.8 Å². The van der Waals surface area contributed by atoms with Crippen molar-refractivity contribution in [3.8, 4) is 11.5 Å². The van der Waals surface area contributed by atoms with Crippen LogP contribution in [0.2, 0.25) is 0 Å². The van der Waals surface area contributed by atoms with Crippen molar-refractivity contribution in [2.45, 2.75) is 17.7 Å². The van der Waals surface area contributed by atoms with Crippen molar-refractivity contribution < 1.29 is 9.47 Å². The minimum Gasteiger partial charge on any atom is -0.493 e. The second-order valence-corrected chi connectivity index (χ2v) is 6.96. The molecule has 2 saturated heterocycles. The molecule has 0 saturated carbocycles. The number of benzene rings is 1. The Morgan fingerprint density at radius 3 is 2.64 bits per heavy atom. The van der Waals surface area contributed by atoms with Crippen LogP contribution in [-0.2, 0) is 0 Å². The van der Waals surface area contributed by atoms with Crippen molar-refractivity contribution in [1.82, 2.24) is 9.97 Å². The van der Waals surface area contributed by atoms with Gasteiger partial charge in [0.2, 0.25) is 5.95 Å². The number of methoxy groups -OCH3 is 2. The minimum atomic E-state index is 0.483. The summed E-state index contributed by atoms with van der Waals surface area (Å²) in [4.78, 5) is 11.5. The Balaban J connectivity index is 1.81. The van der Waals surface area contributed by atoms with Crippen LogP contribution in [0, 0.1) is 0 Å². The highest BCUT2D eigenvalue weighted by atomic mass is 32.2. The lowest BCUT2D eigenvalue weighted by molar-refractivity contribution is 0.356. The van der Waals surface area contributed by atoms with E-state index in [0.717, 1.165) is 29.1 Å². The van der Waals surface area contributed by atoms with Crippen LogP contribution in [0.3, 0.4) is 0 Å². The molecule has 2 aromatic rings. The molecule has 22 heavy (non-hydrogen) atoms. The molecule has 0 spiro atoms. The van der Waals surface area contributed by atoms with Crippen LogP contribution in [0.25, 0.3) is 10.9 Å². The highest BCUT2D eigenvalue weighted by Crippen LogP contribution is 2.40. The lowest BCUT2D eigenvalue weighted by Gasteiger charge is -2.27. The lowest BCUT2D eigenvalue weighted by atomic mass is 10.2. The summed E-state index contributed by atoms with van der Waals surface area (Å²) >= 11 is 2.04. The molecule has 6 nitrogen and oxygen atoms in total. The number of hydrogen-bond donors (Lipinski definition) is 1. The second kappa shape index (κ2) is 5.08. The van der Waals surface area contributed by atoms with Crippen LogP contribution >= 0.6 is 11.8 Å². The van der Waals surface area contributed by atoms with E-state index in [4.69, 9.17) is 20.2 Å². The summed E-state index contributed by atoms with van der Waals surface area (Å²) in [5.74, 6) is 3.64. The fourth-order valence-electron chi connectivity index (χ4n) is 3.24. The molecule has 2 aliphatic heterocycles. The SMILES string of the molecule is COc1cc2nc(N3C[C@@H]4C[C@H]3CS4)nc(N)c2cc1OC. The third kappa shape index (κ3) is 2.03. The van der Waals surface area contributed by atoms with Crippen LogP contribution in [0.1, 0.15) is 6.42 Å². The van der Waals surface area contributed by atoms with Gasteiger partial charge >= 0.3 is 0 Å². The van der Waals surface area contributed by atoms with Crippen LogP contribution < -0.4 is 20.1 Å². The van der Waals surface area contributed by atoms with Crippen LogP contribution in [0.5, 0.6) is 11.5 Å². The summed E-state index contributed by atoms with van der Waals surface area (Å²) in [6.45, 7) is 1.01. The van der Waals surface area contributed by atoms with Crippen molar-refractivity contribution in [1.29, 1.82) is 0 Å². The Morgan fingerprint density at radius 2 is 2.00 bits per heavy atom. The summed E-state index contributed by atoms with van der Waals surface area (Å²) in [7, 11) is 3.22. The van der Waals surface area contributed by atoms with E-state index >= 15 is 0 Å². The van der Waals surface area contributed by atoms with Crippen molar-refractivity contribution in [2.75, 3.05) is 37.2 Å². The second-order valence-electron chi connectivity index (χ2n) is 5.63. The zero-order valence-electron chi connectivity index (χ0n) is 12.6. The van der Waals surface area contributed by atoms with Gasteiger partial charge in [0.1, 0.15) is 5.82 Å². The van der Waals surface area contributed by atoms with Crippen LogP contribution in [0.4, 0.5) is 11.8 Å². The third-order valence-electron chi connectivity index (χ3n) is 4.38. The van der Waals surface area contributed by atoms with Crippen LogP contribution in [0.15, 0.2) is 12.1 Å². The maximum absolute atomic E-state index is 6.16. The van der Waals surface area contributed by atoms with Gasteiger partial charge in [0, 0.05) is 35.0 Å². The molecule has 3 heterocycles. The first-order valence-corrected chi connectivity index (χ1v) is 8.32. The van der Waals surface area contributed by atoms with E-state index in [0.29, 0.717) is 28.6 Å². The molecular formula is C15H18N4O2S. The molecule has 0 amide bonds. The largest absolute Gasteiger partial charge is 0.493 e. The first-order chi connectivity index (χ1) is 10.7. The molecule has 1 aromatic carbocycles. The van der Waals surface area contributed by atoms with E-state index in [1.165, 1.54) is 6.42 Å². The van der Waals surface area contributed by atoms with Gasteiger partial charge in [-0.1, -0.05) is 0 Å². The predicted octanol–water partition coefficient (Wildman–Crippen LogP) is 1.92. The summed E-state index contributed by atoms with van der Waals surface area (Å²) in [6.07, 6.45) is 1.22. The number of nitrogens with zero attached hydrogens (tertiary/aromatic N) is 3. The molecule has 2 fully saturated rings. The summed E-state index contributed by atoms with van der Waals surface area (Å²) in [6, 6.07) is 4.23. The highest BCUT2D eigenvalue weighted by Gasteiger charge is 2.39. The van der Waals surface area contributed by atoms with Crippen molar-refractivity contribution in [3.63, 3.8) is 0 Å². The first kappa shape index (κ1) is 13.8. The third-order valence-corrected chi connectivity index (χ3v) is 5.77. The summed E-state index contributed by atoms with van der Waals surface area (Å²) < 4.78 is 10.7. The molecule has 2 bridgehead atoms. The monoisotopic (exact) mass is 318 g/mol. The zero-order chi connectivity index (χ0) is 15.3. The standard InChI is InChI=1S/C15H18N4O2S/c1-20-12-4-10-11(5-13(12)21-2)17-15(18-14(10)16)19-6-9-3-8(19)7-22-9/h4-5,8-9H,3,6-7H2,1-2H3,(H2,16,17,18)/t8-,9-/m0/s1. The quantitative estimate of drug-likeness (QED) is 0.927. The van der Waals surface area contributed by atoms with Crippen molar-refractivity contribution >= 4 is 34.4 Å².